The normalized spacial score (nSPS) is 35.5. The highest BCUT2D eigenvalue weighted by atomic mass is 16.5. The Balaban J connectivity index is 2.68. The summed E-state index contributed by atoms with van der Waals surface area (Å²) in [6.07, 6.45) is 0.544. The number of esters is 1. The van der Waals surface area contributed by atoms with Crippen LogP contribution in [0, 0.1) is 11.3 Å². The van der Waals surface area contributed by atoms with Crippen LogP contribution in [0.4, 0.5) is 0 Å². The topological polar surface area (TPSA) is 26.3 Å². The second-order valence-corrected chi connectivity index (χ2v) is 3.76. The molecule has 10 heavy (non-hydrogen) atoms. The van der Waals surface area contributed by atoms with Crippen LogP contribution in [0.25, 0.3) is 0 Å². The Morgan fingerprint density at radius 1 is 1.70 bits per heavy atom. The molecular formula is C8H14O2. The van der Waals surface area contributed by atoms with Crippen LogP contribution in [0.3, 0.4) is 0 Å². The molecule has 2 heteroatoms. The van der Waals surface area contributed by atoms with Gasteiger partial charge in [-0.25, -0.2) is 0 Å². The van der Waals surface area contributed by atoms with E-state index in [2.05, 4.69) is 0 Å². The van der Waals surface area contributed by atoms with E-state index in [1.807, 2.05) is 20.8 Å². The van der Waals surface area contributed by atoms with Crippen molar-refractivity contribution >= 4 is 5.97 Å². The molecule has 0 unspecified atom stereocenters. The Labute approximate surface area is 63.0 Å². The van der Waals surface area contributed by atoms with Gasteiger partial charge in [-0.3, -0.25) is 4.79 Å². The van der Waals surface area contributed by atoms with Crippen LogP contribution < -0.4 is 0 Å². The van der Waals surface area contributed by atoms with Crippen molar-refractivity contribution in [2.24, 2.45) is 11.3 Å². The molecule has 0 spiro atoms. The molecule has 0 amide bonds. The summed E-state index contributed by atoms with van der Waals surface area (Å²) < 4.78 is 12.0. The van der Waals surface area contributed by atoms with Gasteiger partial charge in [0.2, 0.25) is 0 Å². The van der Waals surface area contributed by atoms with Crippen molar-refractivity contribution in [2.45, 2.75) is 27.2 Å². The first-order chi connectivity index (χ1) is 4.91. The number of rotatable bonds is 0. The van der Waals surface area contributed by atoms with Crippen LogP contribution in [-0.4, -0.2) is 12.6 Å². The number of carbonyl (C=O) groups is 1. The minimum Gasteiger partial charge on any atom is -0.465 e. The zero-order valence-corrected chi connectivity index (χ0v) is 6.68. The minimum atomic E-state index is -0.633. The SMILES string of the molecule is [2H][C@@H]1C[C@@H](C(C)(C)C)C(=O)O1. The summed E-state index contributed by atoms with van der Waals surface area (Å²) in [4.78, 5) is 11.1. The monoisotopic (exact) mass is 143 g/mol. The van der Waals surface area contributed by atoms with E-state index in [4.69, 9.17) is 6.11 Å². The lowest BCUT2D eigenvalue weighted by atomic mass is 9.80. The maximum atomic E-state index is 11.1. The predicted octanol–water partition coefficient (Wildman–Crippen LogP) is 1.60. The summed E-state index contributed by atoms with van der Waals surface area (Å²) in [6.45, 7) is 5.36. The van der Waals surface area contributed by atoms with Gasteiger partial charge >= 0.3 is 5.97 Å². The maximum Gasteiger partial charge on any atom is 0.309 e. The summed E-state index contributed by atoms with van der Waals surface area (Å²) in [5.74, 6) is -0.303. The molecule has 0 aromatic rings. The van der Waals surface area contributed by atoms with Gasteiger partial charge in [0.1, 0.15) is 0 Å². The Kier molecular flexibility index (Phi) is 1.40. The van der Waals surface area contributed by atoms with Crippen LogP contribution in [0.15, 0.2) is 0 Å². The van der Waals surface area contributed by atoms with Gasteiger partial charge in [0.15, 0.2) is 0 Å². The quantitative estimate of drug-likeness (QED) is 0.481. The fourth-order valence-corrected chi connectivity index (χ4v) is 1.11. The van der Waals surface area contributed by atoms with E-state index in [1.54, 1.807) is 0 Å². The highest BCUT2D eigenvalue weighted by Gasteiger charge is 2.36. The van der Waals surface area contributed by atoms with Crippen LogP contribution in [-0.2, 0) is 9.53 Å². The first-order valence-electron chi connectivity index (χ1n) is 4.12. The van der Waals surface area contributed by atoms with E-state index in [9.17, 15) is 4.79 Å². The third kappa shape index (κ3) is 1.31. The van der Waals surface area contributed by atoms with Crippen molar-refractivity contribution < 1.29 is 10.9 Å². The van der Waals surface area contributed by atoms with Gasteiger partial charge in [0.25, 0.3) is 0 Å². The van der Waals surface area contributed by atoms with E-state index >= 15 is 0 Å². The fraction of sp³-hybridized carbons (Fsp3) is 0.875. The van der Waals surface area contributed by atoms with E-state index in [1.165, 1.54) is 0 Å². The number of carbonyl (C=O) groups excluding carboxylic acids is 1. The fourth-order valence-electron chi connectivity index (χ4n) is 1.11. The first-order valence-corrected chi connectivity index (χ1v) is 3.54. The van der Waals surface area contributed by atoms with E-state index in [0.717, 1.165) is 0 Å². The van der Waals surface area contributed by atoms with Crippen molar-refractivity contribution in [2.75, 3.05) is 6.58 Å². The standard InChI is InChI=1S/C8H14O2/c1-8(2,3)6-4-5-10-7(6)9/h6H,4-5H2,1-3H3/t6-/m1/s1/i5D/t5-,6-. The molecule has 0 bridgehead atoms. The van der Waals surface area contributed by atoms with Crippen LogP contribution >= 0.6 is 0 Å². The molecule has 0 aromatic heterocycles. The molecule has 2 nitrogen and oxygen atoms in total. The maximum absolute atomic E-state index is 11.1. The van der Waals surface area contributed by atoms with Crippen molar-refractivity contribution in [3.63, 3.8) is 0 Å². The molecule has 1 rings (SSSR count). The van der Waals surface area contributed by atoms with Crippen molar-refractivity contribution in [3.05, 3.63) is 0 Å². The molecule has 1 fully saturated rings. The van der Waals surface area contributed by atoms with Gasteiger partial charge in [-0.15, -0.1) is 0 Å². The molecule has 58 valence electrons. The van der Waals surface area contributed by atoms with Gasteiger partial charge in [-0.1, -0.05) is 20.8 Å². The second kappa shape index (κ2) is 2.26. The minimum absolute atomic E-state index is 0.0626. The lowest BCUT2D eigenvalue weighted by molar-refractivity contribution is -0.143. The summed E-state index contributed by atoms with van der Waals surface area (Å²) in [6, 6.07) is 0. The third-order valence-electron chi connectivity index (χ3n) is 1.86. The van der Waals surface area contributed by atoms with E-state index < -0.39 is 6.58 Å². The molecule has 0 N–H and O–H groups in total. The second-order valence-electron chi connectivity index (χ2n) is 3.76. The third-order valence-corrected chi connectivity index (χ3v) is 1.86. The molecule has 1 heterocycles. The Morgan fingerprint density at radius 2 is 2.30 bits per heavy atom. The van der Waals surface area contributed by atoms with Crippen molar-refractivity contribution in [1.82, 2.24) is 0 Å². The molecule has 0 aromatic carbocycles. The molecule has 1 saturated heterocycles. The molecule has 1 aliphatic rings. The summed E-state index contributed by atoms with van der Waals surface area (Å²) in [5.41, 5.74) is -0.0626. The zero-order chi connectivity index (χ0) is 8.65. The first kappa shape index (κ1) is 6.20. The smallest absolute Gasteiger partial charge is 0.309 e. The molecule has 1 aliphatic heterocycles. The zero-order valence-electron chi connectivity index (χ0n) is 7.68. The Hall–Kier alpha value is -0.530. The summed E-state index contributed by atoms with van der Waals surface area (Å²) >= 11 is 0. The predicted molar refractivity (Wildman–Crippen MR) is 38.5 cm³/mol. The van der Waals surface area contributed by atoms with Crippen LogP contribution in [0.1, 0.15) is 28.6 Å². The lowest BCUT2D eigenvalue weighted by Gasteiger charge is -2.22. The Bertz CT molecular complexity index is 171. The Morgan fingerprint density at radius 3 is 2.50 bits per heavy atom. The van der Waals surface area contributed by atoms with Gasteiger partial charge in [-0.2, -0.15) is 0 Å². The molecular weight excluding hydrogens is 128 g/mol. The molecule has 2 atom stereocenters. The van der Waals surface area contributed by atoms with Crippen LogP contribution in [0.5, 0.6) is 0 Å². The molecule has 0 aliphatic carbocycles. The molecule has 0 radical (unpaired) electrons. The number of hydrogen-bond donors (Lipinski definition) is 0. The average Bonchev–Trinajstić information content (AvgIpc) is 2.08. The highest BCUT2D eigenvalue weighted by molar-refractivity contribution is 5.74. The van der Waals surface area contributed by atoms with Gasteiger partial charge < -0.3 is 4.74 Å². The summed E-state index contributed by atoms with van der Waals surface area (Å²) in [5, 5.41) is 0. The lowest BCUT2D eigenvalue weighted by Crippen LogP contribution is -2.24. The van der Waals surface area contributed by atoms with E-state index in [-0.39, 0.29) is 17.3 Å². The van der Waals surface area contributed by atoms with E-state index in [0.29, 0.717) is 6.42 Å². The number of hydrogen-bond acceptors (Lipinski definition) is 2. The van der Waals surface area contributed by atoms with Crippen LogP contribution in [0.2, 0.25) is 0 Å². The van der Waals surface area contributed by atoms with Crippen molar-refractivity contribution in [1.29, 1.82) is 0 Å². The van der Waals surface area contributed by atoms with Gasteiger partial charge in [0, 0.05) is 0 Å². The average molecular weight is 143 g/mol. The van der Waals surface area contributed by atoms with Gasteiger partial charge in [0.05, 0.1) is 13.9 Å². The largest absolute Gasteiger partial charge is 0.465 e. The molecule has 0 saturated carbocycles. The van der Waals surface area contributed by atoms with Gasteiger partial charge in [-0.05, 0) is 11.8 Å². The van der Waals surface area contributed by atoms with Crippen molar-refractivity contribution in [3.8, 4) is 0 Å². The highest BCUT2D eigenvalue weighted by Crippen LogP contribution is 2.32. The number of cyclic esters (lactones) is 1. The number of ether oxygens (including phenoxy) is 1. The summed E-state index contributed by atoms with van der Waals surface area (Å²) in [7, 11) is 0.